The first-order valence-corrected chi connectivity index (χ1v) is 5.07. The number of amides is 1. The highest BCUT2D eigenvalue weighted by atomic mass is 35.5. The van der Waals surface area contributed by atoms with E-state index in [0.29, 0.717) is 23.7 Å². The molecule has 4 nitrogen and oxygen atoms in total. The van der Waals surface area contributed by atoms with E-state index < -0.39 is 0 Å². The number of hydrogen-bond acceptors (Lipinski definition) is 3. The molecule has 0 spiro atoms. The molecule has 0 atom stereocenters. The largest absolute Gasteiger partial charge is 0.397 e. The van der Waals surface area contributed by atoms with E-state index in [1.807, 2.05) is 13.8 Å². The van der Waals surface area contributed by atoms with Gasteiger partial charge in [-0.2, -0.15) is 0 Å². The molecule has 1 amide bonds. The molecule has 1 aromatic heterocycles. The maximum Gasteiger partial charge on any atom is 0.254 e. The summed E-state index contributed by atoms with van der Waals surface area (Å²) in [4.78, 5) is 15.4. The molecular weight excluding hydrogens is 214 g/mol. The Bertz CT molecular complexity index is 366. The van der Waals surface area contributed by atoms with Gasteiger partial charge in [0.25, 0.3) is 5.91 Å². The number of anilines is 1. The molecule has 0 unspecified atom stereocenters. The van der Waals surface area contributed by atoms with E-state index in [9.17, 15) is 4.79 Å². The van der Waals surface area contributed by atoms with Gasteiger partial charge in [0.15, 0.2) is 0 Å². The van der Waals surface area contributed by atoms with Gasteiger partial charge in [0.05, 0.1) is 17.4 Å². The van der Waals surface area contributed by atoms with Crippen LogP contribution in [0.25, 0.3) is 0 Å². The Morgan fingerprint density at radius 3 is 2.93 bits per heavy atom. The summed E-state index contributed by atoms with van der Waals surface area (Å²) < 4.78 is 0. The molecule has 82 valence electrons. The average Bonchev–Trinajstić information content (AvgIpc) is 2.18. The lowest BCUT2D eigenvalue weighted by Gasteiger charge is -2.08. The van der Waals surface area contributed by atoms with E-state index in [2.05, 4.69) is 10.3 Å². The zero-order valence-corrected chi connectivity index (χ0v) is 9.51. The molecule has 0 radical (unpaired) electrons. The molecule has 0 fully saturated rings. The summed E-state index contributed by atoms with van der Waals surface area (Å²) in [6.45, 7) is 4.63. The first-order valence-electron chi connectivity index (χ1n) is 4.70. The lowest BCUT2D eigenvalue weighted by atomic mass is 10.2. The van der Waals surface area contributed by atoms with Gasteiger partial charge in [-0.1, -0.05) is 25.4 Å². The molecule has 1 heterocycles. The van der Waals surface area contributed by atoms with Gasteiger partial charge >= 0.3 is 0 Å². The number of halogens is 1. The van der Waals surface area contributed by atoms with Crippen LogP contribution in [0.3, 0.4) is 0 Å². The zero-order valence-electron chi connectivity index (χ0n) is 8.75. The number of rotatable bonds is 3. The number of carbonyl (C=O) groups is 1. The van der Waals surface area contributed by atoms with Gasteiger partial charge in [0.1, 0.15) is 5.15 Å². The standard InChI is InChI=1S/C10H14ClN3O/c1-6(2)4-14-10(15)8-3-7(12)5-13-9(8)11/h3,5-6H,4,12H2,1-2H3,(H,14,15). The Balaban J connectivity index is 2.77. The second-order valence-corrected chi connectivity index (χ2v) is 4.07. The van der Waals surface area contributed by atoms with E-state index in [0.717, 1.165) is 0 Å². The van der Waals surface area contributed by atoms with E-state index in [-0.39, 0.29) is 11.1 Å². The molecule has 0 saturated carbocycles. The van der Waals surface area contributed by atoms with Crippen LogP contribution in [-0.2, 0) is 0 Å². The van der Waals surface area contributed by atoms with Crippen LogP contribution in [0.5, 0.6) is 0 Å². The molecule has 0 saturated heterocycles. The molecule has 5 heteroatoms. The Morgan fingerprint density at radius 2 is 2.33 bits per heavy atom. The quantitative estimate of drug-likeness (QED) is 0.773. The van der Waals surface area contributed by atoms with Gasteiger partial charge in [0.2, 0.25) is 0 Å². The maximum atomic E-state index is 11.6. The minimum atomic E-state index is -0.242. The lowest BCUT2D eigenvalue weighted by Crippen LogP contribution is -2.27. The molecule has 0 aromatic carbocycles. The van der Waals surface area contributed by atoms with Crippen molar-refractivity contribution in [3.05, 3.63) is 23.0 Å². The zero-order chi connectivity index (χ0) is 11.4. The summed E-state index contributed by atoms with van der Waals surface area (Å²) in [5.41, 5.74) is 6.26. The fraction of sp³-hybridized carbons (Fsp3) is 0.400. The van der Waals surface area contributed by atoms with Crippen LogP contribution in [0.2, 0.25) is 5.15 Å². The third kappa shape index (κ3) is 3.40. The SMILES string of the molecule is CC(C)CNC(=O)c1cc(N)cnc1Cl. The van der Waals surface area contributed by atoms with Crippen LogP contribution in [0, 0.1) is 5.92 Å². The van der Waals surface area contributed by atoms with Crippen molar-refractivity contribution in [1.29, 1.82) is 0 Å². The average molecular weight is 228 g/mol. The van der Waals surface area contributed by atoms with Crippen molar-refractivity contribution >= 4 is 23.2 Å². The Morgan fingerprint density at radius 1 is 1.67 bits per heavy atom. The van der Waals surface area contributed by atoms with Crippen molar-refractivity contribution in [3.8, 4) is 0 Å². The number of nitrogens with two attached hydrogens (primary N) is 1. The van der Waals surface area contributed by atoms with Crippen LogP contribution in [-0.4, -0.2) is 17.4 Å². The topological polar surface area (TPSA) is 68.0 Å². The van der Waals surface area contributed by atoms with Crippen molar-refractivity contribution < 1.29 is 4.79 Å². The molecule has 0 aliphatic heterocycles. The fourth-order valence-corrected chi connectivity index (χ4v) is 1.20. The molecule has 1 aromatic rings. The summed E-state index contributed by atoms with van der Waals surface area (Å²) in [7, 11) is 0. The second-order valence-electron chi connectivity index (χ2n) is 3.71. The smallest absolute Gasteiger partial charge is 0.254 e. The van der Waals surface area contributed by atoms with Crippen LogP contribution in [0.15, 0.2) is 12.3 Å². The predicted octanol–water partition coefficient (Wildman–Crippen LogP) is 1.70. The van der Waals surface area contributed by atoms with Crippen LogP contribution >= 0.6 is 11.6 Å². The fourth-order valence-electron chi connectivity index (χ4n) is 1.02. The van der Waals surface area contributed by atoms with Crippen molar-refractivity contribution in [3.63, 3.8) is 0 Å². The molecule has 3 N–H and O–H groups in total. The highest BCUT2D eigenvalue weighted by Crippen LogP contribution is 2.15. The van der Waals surface area contributed by atoms with Gasteiger partial charge < -0.3 is 11.1 Å². The molecule has 0 aliphatic rings. The minimum absolute atomic E-state index is 0.172. The predicted molar refractivity (Wildman–Crippen MR) is 60.8 cm³/mol. The maximum absolute atomic E-state index is 11.6. The van der Waals surface area contributed by atoms with Crippen molar-refractivity contribution in [2.75, 3.05) is 12.3 Å². The summed E-state index contributed by atoms with van der Waals surface area (Å²) in [6.07, 6.45) is 1.42. The molecule has 0 bridgehead atoms. The Labute approximate surface area is 93.8 Å². The molecule has 0 aliphatic carbocycles. The van der Waals surface area contributed by atoms with Gasteiger partial charge in [-0.3, -0.25) is 4.79 Å². The van der Waals surface area contributed by atoms with E-state index in [1.165, 1.54) is 12.3 Å². The second kappa shape index (κ2) is 4.98. The highest BCUT2D eigenvalue weighted by molar-refractivity contribution is 6.32. The van der Waals surface area contributed by atoms with Crippen LogP contribution < -0.4 is 11.1 Å². The summed E-state index contributed by atoms with van der Waals surface area (Å²) in [6, 6.07) is 1.52. The van der Waals surface area contributed by atoms with Gasteiger partial charge in [-0.25, -0.2) is 4.98 Å². The molecular formula is C10H14ClN3O. The number of aromatic nitrogens is 1. The summed E-state index contributed by atoms with van der Waals surface area (Å²) in [5, 5.41) is 2.92. The van der Waals surface area contributed by atoms with E-state index in [1.54, 1.807) is 0 Å². The highest BCUT2D eigenvalue weighted by Gasteiger charge is 2.11. The molecule has 15 heavy (non-hydrogen) atoms. The third-order valence-electron chi connectivity index (χ3n) is 1.78. The van der Waals surface area contributed by atoms with Crippen molar-refractivity contribution in [2.45, 2.75) is 13.8 Å². The van der Waals surface area contributed by atoms with Gasteiger partial charge in [0, 0.05) is 6.54 Å². The monoisotopic (exact) mass is 227 g/mol. The number of nitrogens with one attached hydrogen (secondary N) is 1. The normalized spacial score (nSPS) is 10.4. The Hall–Kier alpha value is -1.29. The third-order valence-corrected chi connectivity index (χ3v) is 2.08. The first kappa shape index (κ1) is 11.8. The Kier molecular flexibility index (Phi) is 3.91. The number of nitrogen functional groups attached to an aromatic ring is 1. The van der Waals surface area contributed by atoms with Crippen molar-refractivity contribution in [1.82, 2.24) is 10.3 Å². The van der Waals surface area contributed by atoms with E-state index in [4.69, 9.17) is 17.3 Å². The minimum Gasteiger partial charge on any atom is -0.397 e. The van der Waals surface area contributed by atoms with Gasteiger partial charge in [-0.05, 0) is 12.0 Å². The number of hydrogen-bond donors (Lipinski definition) is 2. The molecule has 1 rings (SSSR count). The lowest BCUT2D eigenvalue weighted by molar-refractivity contribution is 0.0949. The summed E-state index contributed by atoms with van der Waals surface area (Å²) >= 11 is 5.78. The first-order chi connectivity index (χ1) is 7.00. The van der Waals surface area contributed by atoms with Crippen molar-refractivity contribution in [2.24, 2.45) is 5.92 Å². The van der Waals surface area contributed by atoms with Crippen LogP contribution in [0.4, 0.5) is 5.69 Å². The number of pyridine rings is 1. The number of carbonyl (C=O) groups excluding carboxylic acids is 1. The summed E-state index contributed by atoms with van der Waals surface area (Å²) in [5.74, 6) is 0.148. The number of nitrogens with zero attached hydrogens (tertiary/aromatic N) is 1. The van der Waals surface area contributed by atoms with E-state index >= 15 is 0 Å². The van der Waals surface area contributed by atoms with Crippen LogP contribution in [0.1, 0.15) is 24.2 Å². The van der Waals surface area contributed by atoms with Gasteiger partial charge in [-0.15, -0.1) is 0 Å².